The number of likely N-dealkylation sites (N-methyl/N-ethyl adjacent to an activating group) is 1. The highest BCUT2D eigenvalue weighted by atomic mass is 16.3. The largest absolute Gasteiger partial charge is 0.468 e. The van der Waals surface area contributed by atoms with Crippen molar-refractivity contribution in [1.29, 1.82) is 0 Å². The van der Waals surface area contributed by atoms with E-state index in [1.54, 1.807) is 6.26 Å². The molecule has 0 aromatic carbocycles. The summed E-state index contributed by atoms with van der Waals surface area (Å²) in [6, 6.07) is 5.05. The summed E-state index contributed by atoms with van der Waals surface area (Å²) in [7, 11) is 4.21. The second-order valence-electron chi connectivity index (χ2n) is 5.52. The minimum atomic E-state index is 0.334. The monoisotopic (exact) mass is 236 g/mol. The number of rotatable bonds is 5. The van der Waals surface area contributed by atoms with Crippen LogP contribution in [0.25, 0.3) is 0 Å². The van der Waals surface area contributed by atoms with E-state index in [1.165, 1.54) is 19.3 Å². The lowest BCUT2D eigenvalue weighted by atomic mass is 10.1. The zero-order valence-electron chi connectivity index (χ0n) is 11.1. The Balaban J connectivity index is 1.86. The molecule has 1 saturated carbocycles. The predicted octanol–water partition coefficient (Wildman–Crippen LogP) is 2.66. The average molecular weight is 236 g/mol. The van der Waals surface area contributed by atoms with Crippen LogP contribution in [-0.2, 0) is 0 Å². The van der Waals surface area contributed by atoms with Crippen LogP contribution in [0.1, 0.15) is 38.0 Å². The molecule has 0 bridgehead atoms. The third-order valence-electron chi connectivity index (χ3n) is 3.79. The van der Waals surface area contributed by atoms with E-state index in [9.17, 15) is 0 Å². The second kappa shape index (κ2) is 5.69. The maximum absolute atomic E-state index is 5.51. The van der Waals surface area contributed by atoms with E-state index in [4.69, 9.17) is 4.42 Å². The van der Waals surface area contributed by atoms with E-state index in [-0.39, 0.29) is 0 Å². The topological polar surface area (TPSA) is 28.4 Å². The van der Waals surface area contributed by atoms with Gasteiger partial charge >= 0.3 is 0 Å². The summed E-state index contributed by atoms with van der Waals surface area (Å²) in [5.74, 6) is 1.93. The molecule has 2 rings (SSSR count). The van der Waals surface area contributed by atoms with E-state index >= 15 is 0 Å². The van der Waals surface area contributed by atoms with Crippen molar-refractivity contribution in [2.24, 2.45) is 5.92 Å². The van der Waals surface area contributed by atoms with Gasteiger partial charge < -0.3 is 9.73 Å². The zero-order chi connectivity index (χ0) is 12.3. The van der Waals surface area contributed by atoms with Crippen LogP contribution in [-0.4, -0.2) is 31.6 Å². The molecule has 1 aromatic heterocycles. The van der Waals surface area contributed by atoms with Gasteiger partial charge in [0.1, 0.15) is 5.76 Å². The summed E-state index contributed by atoms with van der Waals surface area (Å²) in [4.78, 5) is 2.21. The van der Waals surface area contributed by atoms with Gasteiger partial charge in [-0.2, -0.15) is 0 Å². The van der Waals surface area contributed by atoms with Gasteiger partial charge in [0.15, 0.2) is 0 Å². The summed E-state index contributed by atoms with van der Waals surface area (Å²) in [5.41, 5.74) is 0. The maximum atomic E-state index is 5.51. The summed E-state index contributed by atoms with van der Waals surface area (Å²) >= 11 is 0. The van der Waals surface area contributed by atoms with Crippen molar-refractivity contribution in [3.63, 3.8) is 0 Å². The van der Waals surface area contributed by atoms with E-state index in [2.05, 4.69) is 37.3 Å². The first kappa shape index (κ1) is 12.7. The summed E-state index contributed by atoms with van der Waals surface area (Å²) in [6.45, 7) is 3.32. The summed E-state index contributed by atoms with van der Waals surface area (Å²) < 4.78 is 5.51. The fourth-order valence-corrected chi connectivity index (χ4v) is 2.69. The van der Waals surface area contributed by atoms with Gasteiger partial charge in [0, 0.05) is 12.6 Å². The first-order chi connectivity index (χ1) is 8.16. The SMILES string of the molecule is CC1CCC(NCC(c2ccco2)N(C)C)C1. The fourth-order valence-electron chi connectivity index (χ4n) is 2.69. The van der Waals surface area contributed by atoms with Crippen LogP contribution in [0.2, 0.25) is 0 Å². The van der Waals surface area contributed by atoms with Gasteiger partial charge in [-0.25, -0.2) is 0 Å². The molecule has 1 N–H and O–H groups in total. The molecule has 3 unspecified atom stereocenters. The van der Waals surface area contributed by atoms with Crippen molar-refractivity contribution in [2.45, 2.75) is 38.3 Å². The van der Waals surface area contributed by atoms with Crippen LogP contribution >= 0.6 is 0 Å². The van der Waals surface area contributed by atoms with Crippen molar-refractivity contribution in [3.8, 4) is 0 Å². The highest BCUT2D eigenvalue weighted by molar-refractivity contribution is 5.05. The Morgan fingerprint density at radius 1 is 1.47 bits per heavy atom. The van der Waals surface area contributed by atoms with E-state index in [0.29, 0.717) is 12.1 Å². The number of hydrogen-bond acceptors (Lipinski definition) is 3. The molecule has 1 aliphatic rings. The third kappa shape index (κ3) is 3.33. The standard InChI is InChI=1S/C14H24N2O/c1-11-6-7-12(9-11)15-10-13(16(2)3)14-5-4-8-17-14/h4-5,8,11-13,15H,6-7,9-10H2,1-3H3. The quantitative estimate of drug-likeness (QED) is 0.852. The molecule has 0 radical (unpaired) electrons. The molecule has 3 atom stereocenters. The molecule has 1 aliphatic carbocycles. The second-order valence-corrected chi connectivity index (χ2v) is 5.52. The van der Waals surface area contributed by atoms with Gasteiger partial charge in [0.05, 0.1) is 12.3 Å². The molecular formula is C14H24N2O. The van der Waals surface area contributed by atoms with Crippen LogP contribution in [0.4, 0.5) is 0 Å². The van der Waals surface area contributed by atoms with Crippen LogP contribution in [0.5, 0.6) is 0 Å². The molecule has 0 amide bonds. The minimum absolute atomic E-state index is 0.334. The molecule has 3 nitrogen and oxygen atoms in total. The van der Waals surface area contributed by atoms with Crippen LogP contribution in [0.3, 0.4) is 0 Å². The molecule has 96 valence electrons. The van der Waals surface area contributed by atoms with Gasteiger partial charge in [-0.1, -0.05) is 6.92 Å². The molecule has 0 saturated heterocycles. The van der Waals surface area contributed by atoms with E-state index in [0.717, 1.165) is 18.2 Å². The van der Waals surface area contributed by atoms with E-state index < -0.39 is 0 Å². The lowest BCUT2D eigenvalue weighted by Crippen LogP contribution is -2.35. The lowest BCUT2D eigenvalue weighted by Gasteiger charge is -2.24. The Morgan fingerprint density at radius 2 is 2.29 bits per heavy atom. The van der Waals surface area contributed by atoms with Crippen molar-refractivity contribution < 1.29 is 4.42 Å². The molecule has 1 heterocycles. The highest BCUT2D eigenvalue weighted by Crippen LogP contribution is 2.25. The van der Waals surface area contributed by atoms with Gasteiger partial charge in [0.25, 0.3) is 0 Å². The molecule has 1 fully saturated rings. The molecule has 17 heavy (non-hydrogen) atoms. The zero-order valence-corrected chi connectivity index (χ0v) is 11.1. The number of nitrogens with zero attached hydrogens (tertiary/aromatic N) is 1. The van der Waals surface area contributed by atoms with E-state index in [1.807, 2.05) is 6.07 Å². The predicted molar refractivity (Wildman–Crippen MR) is 69.9 cm³/mol. The van der Waals surface area contributed by atoms with Crippen molar-refractivity contribution in [3.05, 3.63) is 24.2 Å². The lowest BCUT2D eigenvalue weighted by molar-refractivity contribution is 0.243. The maximum Gasteiger partial charge on any atom is 0.122 e. The molecule has 0 spiro atoms. The molecular weight excluding hydrogens is 212 g/mol. The Kier molecular flexibility index (Phi) is 4.24. The average Bonchev–Trinajstić information content (AvgIpc) is 2.90. The highest BCUT2D eigenvalue weighted by Gasteiger charge is 2.23. The first-order valence-electron chi connectivity index (χ1n) is 6.60. The molecule has 0 aliphatic heterocycles. The summed E-state index contributed by atoms with van der Waals surface area (Å²) in [6.07, 6.45) is 5.76. The number of nitrogens with one attached hydrogen (secondary N) is 1. The number of hydrogen-bond donors (Lipinski definition) is 1. The van der Waals surface area contributed by atoms with Crippen LogP contribution in [0, 0.1) is 5.92 Å². The molecule has 3 heteroatoms. The van der Waals surface area contributed by atoms with Crippen molar-refractivity contribution >= 4 is 0 Å². The Bertz CT molecular complexity index is 321. The minimum Gasteiger partial charge on any atom is -0.468 e. The van der Waals surface area contributed by atoms with Gasteiger partial charge in [-0.3, -0.25) is 4.90 Å². The Hall–Kier alpha value is -0.800. The Morgan fingerprint density at radius 3 is 2.82 bits per heavy atom. The fraction of sp³-hybridized carbons (Fsp3) is 0.714. The van der Waals surface area contributed by atoms with Gasteiger partial charge in [0.2, 0.25) is 0 Å². The molecule has 1 aromatic rings. The Labute approximate surface area is 104 Å². The number of furan rings is 1. The van der Waals surface area contributed by atoms with Gasteiger partial charge in [-0.05, 0) is 51.4 Å². The summed E-state index contributed by atoms with van der Waals surface area (Å²) in [5, 5.41) is 3.68. The van der Waals surface area contributed by atoms with Crippen LogP contribution < -0.4 is 5.32 Å². The van der Waals surface area contributed by atoms with Crippen molar-refractivity contribution in [1.82, 2.24) is 10.2 Å². The smallest absolute Gasteiger partial charge is 0.122 e. The first-order valence-corrected chi connectivity index (χ1v) is 6.60. The van der Waals surface area contributed by atoms with Crippen LogP contribution in [0.15, 0.2) is 22.8 Å². The van der Waals surface area contributed by atoms with Crippen molar-refractivity contribution in [2.75, 3.05) is 20.6 Å². The normalized spacial score (nSPS) is 26.6. The van der Waals surface area contributed by atoms with Gasteiger partial charge in [-0.15, -0.1) is 0 Å². The third-order valence-corrected chi connectivity index (χ3v) is 3.79.